The maximum Gasteiger partial charge on any atom is 0.416 e. The second-order valence-corrected chi connectivity index (χ2v) is 9.78. The van der Waals surface area contributed by atoms with Gasteiger partial charge in [0.05, 0.1) is 5.56 Å². The molecule has 1 aromatic carbocycles. The van der Waals surface area contributed by atoms with Crippen molar-refractivity contribution >= 4 is 17.7 Å². The fraction of sp³-hybridized carbons (Fsp3) is 0.440. The summed E-state index contributed by atoms with van der Waals surface area (Å²) in [5, 5.41) is 26.8. The zero-order chi connectivity index (χ0) is 26.5. The Morgan fingerprint density at radius 2 is 1.76 bits per heavy atom. The molecule has 5 rings (SSSR count). The molecule has 12 heteroatoms. The van der Waals surface area contributed by atoms with Gasteiger partial charge in [-0.3, -0.25) is 24.6 Å². The molecule has 0 bridgehead atoms. The van der Waals surface area contributed by atoms with Crippen LogP contribution in [0.5, 0.6) is 0 Å². The summed E-state index contributed by atoms with van der Waals surface area (Å²) in [6, 6.07) is 7.02. The minimum Gasteiger partial charge on any atom is -0.618 e. The summed E-state index contributed by atoms with van der Waals surface area (Å²) in [4.78, 5) is 39.9. The first kappa shape index (κ1) is 25.2. The molecule has 0 spiro atoms. The lowest BCUT2D eigenvalue weighted by atomic mass is 9.87. The Morgan fingerprint density at radius 1 is 1.08 bits per heavy atom. The van der Waals surface area contributed by atoms with Gasteiger partial charge in [0.15, 0.2) is 5.60 Å². The number of rotatable bonds is 4. The topological polar surface area (TPSA) is 117 Å². The lowest BCUT2D eigenvalue weighted by Gasteiger charge is -2.37. The number of hydrogen-bond donors (Lipinski definition) is 2. The van der Waals surface area contributed by atoms with Gasteiger partial charge in [0.2, 0.25) is 23.2 Å². The van der Waals surface area contributed by atoms with E-state index in [4.69, 9.17) is 0 Å². The molecule has 4 heterocycles. The first-order chi connectivity index (χ1) is 17.5. The molecule has 0 aliphatic carbocycles. The predicted octanol–water partition coefficient (Wildman–Crippen LogP) is 1.58. The molecule has 0 saturated carbocycles. The van der Waals surface area contributed by atoms with E-state index in [1.54, 1.807) is 0 Å². The van der Waals surface area contributed by atoms with Crippen molar-refractivity contribution in [2.24, 2.45) is 0 Å². The van der Waals surface area contributed by atoms with Crippen molar-refractivity contribution in [1.82, 2.24) is 15.1 Å². The highest BCUT2D eigenvalue weighted by Gasteiger charge is 2.46. The van der Waals surface area contributed by atoms with Gasteiger partial charge in [0.25, 0.3) is 5.91 Å². The average Bonchev–Trinajstić information content (AvgIpc) is 3.18. The lowest BCUT2D eigenvalue weighted by molar-refractivity contribution is -0.632. The molecule has 2 N–H and O–H groups in total. The number of fused-ring (bicyclic) bond motifs is 1. The molecule has 196 valence electrons. The van der Waals surface area contributed by atoms with E-state index >= 15 is 0 Å². The summed E-state index contributed by atoms with van der Waals surface area (Å²) in [7, 11) is 0. The number of aliphatic hydroxyl groups is 1. The normalized spacial score (nSPS) is 22.2. The van der Waals surface area contributed by atoms with Gasteiger partial charge in [-0.05, 0) is 43.0 Å². The third-order valence-corrected chi connectivity index (χ3v) is 7.43. The molecule has 37 heavy (non-hydrogen) atoms. The second-order valence-electron chi connectivity index (χ2n) is 9.78. The van der Waals surface area contributed by atoms with Crippen LogP contribution >= 0.6 is 0 Å². The SMILES string of the molecule is O=C1CCC(N2Cc3c(ccc(C4(O)CCN(Cc5ccc(C(F)(F)F)cc5)CC4)[n+]3[O-])C2=O)C(=O)N1. The van der Waals surface area contributed by atoms with Gasteiger partial charge < -0.3 is 15.2 Å². The third-order valence-electron chi connectivity index (χ3n) is 7.43. The quantitative estimate of drug-likeness (QED) is 0.361. The molecule has 3 amide bonds. The van der Waals surface area contributed by atoms with Crippen LogP contribution in [0.4, 0.5) is 13.2 Å². The predicted molar refractivity (Wildman–Crippen MR) is 121 cm³/mol. The van der Waals surface area contributed by atoms with Gasteiger partial charge in [0, 0.05) is 32.1 Å². The molecule has 0 radical (unpaired) electrons. The molecule has 9 nitrogen and oxygen atoms in total. The van der Waals surface area contributed by atoms with Gasteiger partial charge in [-0.15, -0.1) is 0 Å². The molecule has 3 aliphatic rings. The van der Waals surface area contributed by atoms with Crippen molar-refractivity contribution in [3.05, 3.63) is 69.7 Å². The lowest BCUT2D eigenvalue weighted by Crippen LogP contribution is -2.53. The van der Waals surface area contributed by atoms with Gasteiger partial charge in [0.1, 0.15) is 18.2 Å². The average molecular weight is 518 g/mol. The monoisotopic (exact) mass is 518 g/mol. The minimum atomic E-state index is -4.40. The number of alkyl halides is 3. The highest BCUT2D eigenvalue weighted by Crippen LogP contribution is 2.34. The zero-order valence-electron chi connectivity index (χ0n) is 19.8. The van der Waals surface area contributed by atoms with E-state index < -0.39 is 41.1 Å². The number of halogens is 3. The van der Waals surface area contributed by atoms with E-state index in [0.29, 0.717) is 29.9 Å². The largest absolute Gasteiger partial charge is 0.618 e. The molecular weight excluding hydrogens is 493 g/mol. The van der Waals surface area contributed by atoms with Crippen LogP contribution in [0.2, 0.25) is 0 Å². The highest BCUT2D eigenvalue weighted by atomic mass is 19.4. The number of piperidine rings is 2. The van der Waals surface area contributed by atoms with E-state index in [1.807, 2.05) is 4.90 Å². The number of pyridine rings is 1. The standard InChI is InChI=1S/C25H25F3N4O5/c26-25(27,28)16-3-1-15(2-4-16)13-30-11-9-24(36,10-12-30)20-7-5-17-19(32(20)37)14-31(23(17)35)18-6-8-21(33)29-22(18)34/h1-5,7,18,36H,6,8-14H2,(H,29,33,34). The first-order valence-electron chi connectivity index (χ1n) is 12.0. The van der Waals surface area contributed by atoms with Crippen molar-refractivity contribution in [3.8, 4) is 0 Å². The number of amides is 3. The zero-order valence-corrected chi connectivity index (χ0v) is 19.8. The Morgan fingerprint density at radius 3 is 2.38 bits per heavy atom. The van der Waals surface area contributed by atoms with E-state index in [-0.39, 0.29) is 49.2 Å². The van der Waals surface area contributed by atoms with Crippen molar-refractivity contribution in [2.75, 3.05) is 13.1 Å². The molecule has 2 fully saturated rings. The highest BCUT2D eigenvalue weighted by molar-refractivity contribution is 6.05. The van der Waals surface area contributed by atoms with Crippen molar-refractivity contribution in [2.45, 2.75) is 56.6 Å². The van der Waals surface area contributed by atoms with Crippen LogP contribution in [0.3, 0.4) is 0 Å². The molecule has 1 atom stereocenters. The Kier molecular flexibility index (Phi) is 6.19. The molecular formula is C25H25F3N4O5. The van der Waals surface area contributed by atoms with Crippen molar-refractivity contribution < 1.29 is 37.4 Å². The summed E-state index contributed by atoms with van der Waals surface area (Å²) >= 11 is 0. The number of nitrogens with zero attached hydrogens (tertiary/aromatic N) is 3. The van der Waals surface area contributed by atoms with Gasteiger partial charge in [-0.2, -0.15) is 17.9 Å². The van der Waals surface area contributed by atoms with Crippen LogP contribution in [-0.4, -0.2) is 51.8 Å². The number of nitrogens with one attached hydrogen (secondary N) is 1. The van der Waals surface area contributed by atoms with Crippen LogP contribution in [-0.2, 0) is 34.5 Å². The summed E-state index contributed by atoms with van der Waals surface area (Å²) in [5.74, 6) is -1.45. The van der Waals surface area contributed by atoms with Gasteiger partial charge in [-0.1, -0.05) is 12.1 Å². The number of imide groups is 1. The van der Waals surface area contributed by atoms with E-state index in [2.05, 4.69) is 5.32 Å². The Labute approximate surface area is 210 Å². The van der Waals surface area contributed by atoms with E-state index in [1.165, 1.54) is 29.2 Å². The molecule has 1 aromatic heterocycles. The summed E-state index contributed by atoms with van der Waals surface area (Å²) in [6.45, 7) is 1.13. The molecule has 2 aromatic rings. The maximum absolute atomic E-state index is 13.3. The smallest absolute Gasteiger partial charge is 0.416 e. The van der Waals surface area contributed by atoms with Crippen LogP contribution in [0, 0.1) is 5.21 Å². The fourth-order valence-electron chi connectivity index (χ4n) is 5.28. The molecule has 1 unspecified atom stereocenters. The van der Waals surface area contributed by atoms with Gasteiger partial charge >= 0.3 is 6.18 Å². The Balaban J connectivity index is 1.27. The van der Waals surface area contributed by atoms with E-state index in [0.717, 1.165) is 12.1 Å². The Bertz CT molecular complexity index is 1260. The fourth-order valence-corrected chi connectivity index (χ4v) is 5.28. The van der Waals surface area contributed by atoms with E-state index in [9.17, 15) is 37.9 Å². The number of hydrogen-bond acceptors (Lipinski definition) is 6. The Hall–Kier alpha value is -3.51. The number of likely N-dealkylation sites (tertiary alicyclic amines) is 1. The van der Waals surface area contributed by atoms with Crippen LogP contribution in [0.25, 0.3) is 0 Å². The van der Waals surface area contributed by atoms with Gasteiger partial charge in [-0.25, -0.2) is 0 Å². The minimum absolute atomic E-state index is 0.0991. The first-order valence-corrected chi connectivity index (χ1v) is 12.0. The summed E-state index contributed by atoms with van der Waals surface area (Å²) in [6.07, 6.45) is -3.68. The summed E-state index contributed by atoms with van der Waals surface area (Å²) in [5.41, 5.74) is -1.03. The van der Waals surface area contributed by atoms with Crippen molar-refractivity contribution in [3.63, 3.8) is 0 Å². The number of aromatic nitrogens is 1. The number of carbonyl (C=O) groups excluding carboxylic acids is 3. The van der Waals surface area contributed by atoms with Crippen molar-refractivity contribution in [1.29, 1.82) is 0 Å². The molecule has 2 saturated heterocycles. The second kappa shape index (κ2) is 9.10. The number of carbonyl (C=O) groups is 3. The third kappa shape index (κ3) is 4.66. The molecule has 3 aliphatic heterocycles. The van der Waals surface area contributed by atoms with Crippen LogP contribution < -0.4 is 10.0 Å². The van der Waals surface area contributed by atoms with Crippen LogP contribution in [0.1, 0.15) is 58.6 Å². The summed E-state index contributed by atoms with van der Waals surface area (Å²) < 4.78 is 39.0. The maximum atomic E-state index is 13.3. The number of benzene rings is 1. The van der Waals surface area contributed by atoms with Crippen LogP contribution in [0.15, 0.2) is 36.4 Å².